The van der Waals surface area contributed by atoms with Crippen LogP contribution in [0.1, 0.15) is 18.9 Å². The molecule has 0 spiro atoms. The van der Waals surface area contributed by atoms with Crippen LogP contribution in [0.15, 0.2) is 18.2 Å². The minimum atomic E-state index is -0.0346. The minimum Gasteiger partial charge on any atom is -0.385 e. The molecule has 94 valence electrons. The van der Waals surface area contributed by atoms with Gasteiger partial charge in [-0.3, -0.25) is 4.79 Å². The van der Waals surface area contributed by atoms with Gasteiger partial charge in [0.1, 0.15) is 0 Å². The third-order valence-electron chi connectivity index (χ3n) is 2.40. The summed E-state index contributed by atoms with van der Waals surface area (Å²) in [5.74, 6) is 1.13. The Hall–Kier alpha value is -1.16. The maximum atomic E-state index is 11.0. The molecule has 0 aliphatic heterocycles. The molecule has 0 aromatic heterocycles. The van der Waals surface area contributed by atoms with Crippen molar-refractivity contribution in [2.75, 3.05) is 29.2 Å². The van der Waals surface area contributed by atoms with Crippen LogP contribution in [0.4, 0.5) is 11.4 Å². The lowest BCUT2D eigenvalue weighted by Crippen LogP contribution is -2.08. The lowest BCUT2D eigenvalue weighted by Gasteiger charge is -2.11. The SMILES string of the molecule is CSCCCNc1ccc(C)c(NC(C)=O)c1. The van der Waals surface area contributed by atoms with Gasteiger partial charge in [0.05, 0.1) is 0 Å². The first-order chi connectivity index (χ1) is 8.13. The van der Waals surface area contributed by atoms with E-state index in [-0.39, 0.29) is 5.91 Å². The summed E-state index contributed by atoms with van der Waals surface area (Å²) in [6.45, 7) is 4.48. The Morgan fingerprint density at radius 3 is 2.82 bits per heavy atom. The van der Waals surface area contributed by atoms with Gasteiger partial charge in [-0.25, -0.2) is 0 Å². The zero-order valence-corrected chi connectivity index (χ0v) is 11.5. The van der Waals surface area contributed by atoms with Crippen LogP contribution in [0.5, 0.6) is 0 Å². The second-order valence-corrected chi connectivity index (χ2v) is 4.97. The van der Waals surface area contributed by atoms with Crippen molar-refractivity contribution in [2.45, 2.75) is 20.3 Å². The number of thioether (sulfide) groups is 1. The first kappa shape index (κ1) is 13.9. The van der Waals surface area contributed by atoms with Gasteiger partial charge >= 0.3 is 0 Å². The van der Waals surface area contributed by atoms with Crippen molar-refractivity contribution < 1.29 is 4.79 Å². The van der Waals surface area contributed by atoms with E-state index in [0.717, 1.165) is 35.7 Å². The lowest BCUT2D eigenvalue weighted by atomic mass is 10.1. The summed E-state index contributed by atoms with van der Waals surface area (Å²) in [6, 6.07) is 6.04. The number of amides is 1. The molecule has 1 aromatic rings. The zero-order chi connectivity index (χ0) is 12.7. The number of carbonyl (C=O) groups is 1. The summed E-state index contributed by atoms with van der Waals surface area (Å²) in [5.41, 5.74) is 3.02. The van der Waals surface area contributed by atoms with Crippen LogP contribution >= 0.6 is 11.8 Å². The number of anilines is 2. The van der Waals surface area contributed by atoms with Gasteiger partial charge < -0.3 is 10.6 Å². The molecule has 0 saturated carbocycles. The summed E-state index contributed by atoms with van der Waals surface area (Å²) in [4.78, 5) is 11.0. The van der Waals surface area contributed by atoms with Gasteiger partial charge in [-0.1, -0.05) is 6.07 Å². The van der Waals surface area contributed by atoms with Crippen molar-refractivity contribution in [3.63, 3.8) is 0 Å². The number of hydrogen-bond donors (Lipinski definition) is 2. The minimum absolute atomic E-state index is 0.0346. The van der Waals surface area contributed by atoms with Crippen LogP contribution in [0.25, 0.3) is 0 Å². The van der Waals surface area contributed by atoms with Crippen LogP contribution < -0.4 is 10.6 Å². The fourth-order valence-electron chi connectivity index (χ4n) is 1.51. The Morgan fingerprint density at radius 1 is 1.41 bits per heavy atom. The third kappa shape index (κ3) is 5.13. The van der Waals surface area contributed by atoms with Crippen molar-refractivity contribution in [3.8, 4) is 0 Å². The summed E-state index contributed by atoms with van der Waals surface area (Å²) >= 11 is 1.85. The first-order valence-corrected chi connectivity index (χ1v) is 7.14. The average Bonchev–Trinajstić information content (AvgIpc) is 2.28. The second kappa shape index (κ2) is 7.22. The number of aryl methyl sites for hydroxylation is 1. The van der Waals surface area contributed by atoms with Gasteiger partial charge in [0, 0.05) is 24.8 Å². The normalized spacial score (nSPS) is 10.1. The van der Waals surface area contributed by atoms with E-state index in [9.17, 15) is 4.79 Å². The summed E-state index contributed by atoms with van der Waals surface area (Å²) in [5, 5.41) is 6.19. The Kier molecular flexibility index (Phi) is 5.91. The molecule has 2 N–H and O–H groups in total. The number of nitrogens with one attached hydrogen (secondary N) is 2. The Bertz CT molecular complexity index is 380. The quantitative estimate of drug-likeness (QED) is 0.764. The zero-order valence-electron chi connectivity index (χ0n) is 10.7. The summed E-state index contributed by atoms with van der Waals surface area (Å²) in [6.07, 6.45) is 3.26. The van der Waals surface area contributed by atoms with Gasteiger partial charge in [0.25, 0.3) is 0 Å². The predicted molar refractivity (Wildman–Crippen MR) is 77.0 cm³/mol. The van der Waals surface area contributed by atoms with E-state index < -0.39 is 0 Å². The fraction of sp³-hybridized carbons (Fsp3) is 0.462. The largest absolute Gasteiger partial charge is 0.385 e. The van der Waals surface area contributed by atoms with Crippen LogP contribution in [0.2, 0.25) is 0 Å². The lowest BCUT2D eigenvalue weighted by molar-refractivity contribution is -0.114. The highest BCUT2D eigenvalue weighted by Crippen LogP contribution is 2.20. The second-order valence-electron chi connectivity index (χ2n) is 3.98. The van der Waals surface area contributed by atoms with Crippen molar-refractivity contribution in [3.05, 3.63) is 23.8 Å². The summed E-state index contributed by atoms with van der Waals surface area (Å²) < 4.78 is 0. The molecule has 4 heteroatoms. The molecule has 0 radical (unpaired) electrons. The molecule has 0 aliphatic rings. The number of rotatable bonds is 6. The van der Waals surface area contributed by atoms with Crippen LogP contribution in [0.3, 0.4) is 0 Å². The molecular formula is C13H20N2OS. The van der Waals surface area contributed by atoms with Crippen molar-refractivity contribution in [1.29, 1.82) is 0 Å². The molecule has 1 aromatic carbocycles. The van der Waals surface area contributed by atoms with Crippen molar-refractivity contribution >= 4 is 29.0 Å². The smallest absolute Gasteiger partial charge is 0.221 e. The van der Waals surface area contributed by atoms with Crippen LogP contribution in [0, 0.1) is 6.92 Å². The number of hydrogen-bond acceptors (Lipinski definition) is 3. The number of carbonyl (C=O) groups excluding carboxylic acids is 1. The fourth-order valence-corrected chi connectivity index (χ4v) is 1.94. The van der Waals surface area contributed by atoms with Gasteiger partial charge in [-0.05, 0) is 43.0 Å². The molecule has 0 heterocycles. The van der Waals surface area contributed by atoms with Gasteiger partial charge in [0.15, 0.2) is 0 Å². The van der Waals surface area contributed by atoms with E-state index in [1.807, 2.05) is 36.9 Å². The van der Waals surface area contributed by atoms with E-state index in [0.29, 0.717) is 0 Å². The van der Waals surface area contributed by atoms with Crippen molar-refractivity contribution in [2.24, 2.45) is 0 Å². The van der Waals surface area contributed by atoms with E-state index in [1.165, 1.54) is 6.92 Å². The molecule has 0 saturated heterocycles. The maximum absolute atomic E-state index is 11.0. The molecule has 17 heavy (non-hydrogen) atoms. The Balaban J connectivity index is 2.58. The molecule has 0 bridgehead atoms. The highest BCUT2D eigenvalue weighted by atomic mass is 32.2. The van der Waals surface area contributed by atoms with E-state index in [1.54, 1.807) is 0 Å². The predicted octanol–water partition coefficient (Wildman–Crippen LogP) is 3.12. The maximum Gasteiger partial charge on any atom is 0.221 e. The van der Waals surface area contributed by atoms with E-state index in [2.05, 4.69) is 16.9 Å². The van der Waals surface area contributed by atoms with E-state index in [4.69, 9.17) is 0 Å². The molecule has 1 rings (SSSR count). The van der Waals surface area contributed by atoms with Crippen LogP contribution in [-0.4, -0.2) is 24.5 Å². The van der Waals surface area contributed by atoms with Crippen LogP contribution in [-0.2, 0) is 4.79 Å². The standard InChI is InChI=1S/C13H20N2OS/c1-10-5-6-12(14-7-4-8-17-3)9-13(10)15-11(2)16/h5-6,9,14H,4,7-8H2,1-3H3,(H,15,16). The van der Waals surface area contributed by atoms with Crippen molar-refractivity contribution in [1.82, 2.24) is 0 Å². The molecule has 0 unspecified atom stereocenters. The van der Waals surface area contributed by atoms with E-state index >= 15 is 0 Å². The topological polar surface area (TPSA) is 41.1 Å². The third-order valence-corrected chi connectivity index (χ3v) is 3.10. The Labute approximate surface area is 107 Å². The first-order valence-electron chi connectivity index (χ1n) is 5.74. The molecule has 0 atom stereocenters. The Morgan fingerprint density at radius 2 is 2.18 bits per heavy atom. The van der Waals surface area contributed by atoms with Gasteiger partial charge in [-0.2, -0.15) is 11.8 Å². The molecule has 0 fully saturated rings. The molecule has 1 amide bonds. The molecule has 0 aliphatic carbocycles. The molecular weight excluding hydrogens is 232 g/mol. The average molecular weight is 252 g/mol. The van der Waals surface area contributed by atoms with Gasteiger partial charge in [0.2, 0.25) is 5.91 Å². The summed E-state index contributed by atoms with van der Waals surface area (Å²) in [7, 11) is 0. The van der Waals surface area contributed by atoms with Gasteiger partial charge in [-0.15, -0.1) is 0 Å². The highest BCUT2D eigenvalue weighted by molar-refractivity contribution is 7.98. The highest BCUT2D eigenvalue weighted by Gasteiger charge is 2.01. The monoisotopic (exact) mass is 252 g/mol. The number of benzene rings is 1. The molecule has 3 nitrogen and oxygen atoms in total.